The van der Waals surface area contributed by atoms with E-state index in [2.05, 4.69) is 44.9 Å². The lowest BCUT2D eigenvalue weighted by Gasteiger charge is -2.31. The van der Waals surface area contributed by atoms with Gasteiger partial charge in [0.05, 0.1) is 26.9 Å². The van der Waals surface area contributed by atoms with Crippen molar-refractivity contribution < 1.29 is 14.2 Å². The summed E-state index contributed by atoms with van der Waals surface area (Å²) in [5.74, 6) is 0.00774. The molecule has 0 saturated heterocycles. The van der Waals surface area contributed by atoms with Crippen LogP contribution in [0.15, 0.2) is 29.3 Å². The van der Waals surface area contributed by atoms with Crippen molar-refractivity contribution in [1.82, 2.24) is 14.9 Å². The Hall–Kier alpha value is -2.62. The van der Waals surface area contributed by atoms with E-state index in [4.69, 9.17) is 19.9 Å². The summed E-state index contributed by atoms with van der Waals surface area (Å²) in [6.07, 6.45) is 0. The standard InChI is InChI=1S/C19H28N6O3/c1-19(28-10-9-26-3)23-16(20)15-17(24-19)25(18(22-15)27-4)12-14-7-5-13(6-8-14)11-21-2/h5-8,21,24H,9-12H2,1-4H3,(H2,20,23)/t19-/m0/s1. The number of ether oxygens (including phenoxy) is 3. The topological polar surface area (TPSA) is 108 Å². The van der Waals surface area contributed by atoms with E-state index in [-0.39, 0.29) is 0 Å². The largest absolute Gasteiger partial charge is 0.468 e. The van der Waals surface area contributed by atoms with Gasteiger partial charge in [0.2, 0.25) is 5.85 Å². The van der Waals surface area contributed by atoms with E-state index < -0.39 is 5.85 Å². The monoisotopic (exact) mass is 388 g/mol. The Kier molecular flexibility index (Phi) is 6.18. The summed E-state index contributed by atoms with van der Waals surface area (Å²) in [4.78, 5) is 8.91. The van der Waals surface area contributed by atoms with Crippen molar-refractivity contribution in [3.63, 3.8) is 0 Å². The predicted octanol–water partition coefficient (Wildman–Crippen LogP) is 1.13. The minimum Gasteiger partial charge on any atom is -0.468 e. The molecule has 1 aliphatic rings. The molecule has 9 heteroatoms. The molecule has 0 spiro atoms. The van der Waals surface area contributed by atoms with E-state index in [1.54, 1.807) is 14.2 Å². The van der Waals surface area contributed by atoms with Crippen LogP contribution in [-0.2, 0) is 22.6 Å². The van der Waals surface area contributed by atoms with Gasteiger partial charge in [0.15, 0.2) is 11.5 Å². The number of fused-ring (bicyclic) bond motifs is 1. The molecule has 1 atom stereocenters. The third kappa shape index (κ3) is 4.27. The van der Waals surface area contributed by atoms with E-state index >= 15 is 0 Å². The number of hydrogen-bond donors (Lipinski definition) is 3. The molecular weight excluding hydrogens is 360 g/mol. The number of benzene rings is 1. The van der Waals surface area contributed by atoms with Crippen molar-refractivity contribution in [3.05, 3.63) is 41.1 Å². The zero-order valence-corrected chi connectivity index (χ0v) is 16.8. The minimum atomic E-state index is -1.00. The number of aliphatic imine (C=N–C) groups is 1. The quantitative estimate of drug-likeness (QED) is 0.553. The maximum atomic E-state index is 6.17. The Morgan fingerprint density at radius 2 is 1.89 bits per heavy atom. The van der Waals surface area contributed by atoms with Crippen LogP contribution in [-0.4, -0.2) is 55.7 Å². The average molecular weight is 388 g/mol. The Bertz CT molecular complexity index is 833. The summed E-state index contributed by atoms with van der Waals surface area (Å²) >= 11 is 0. The molecule has 0 amide bonds. The summed E-state index contributed by atoms with van der Waals surface area (Å²) in [7, 11) is 5.14. The molecule has 9 nitrogen and oxygen atoms in total. The van der Waals surface area contributed by atoms with E-state index in [9.17, 15) is 0 Å². The third-order valence-electron chi connectivity index (χ3n) is 4.46. The van der Waals surface area contributed by atoms with E-state index in [0.29, 0.717) is 43.1 Å². The molecule has 0 fully saturated rings. The number of nitrogens with one attached hydrogen (secondary N) is 2. The summed E-state index contributed by atoms with van der Waals surface area (Å²) in [6, 6.07) is 8.84. The van der Waals surface area contributed by atoms with Gasteiger partial charge < -0.3 is 30.6 Å². The highest BCUT2D eigenvalue weighted by Gasteiger charge is 2.35. The molecule has 2 aromatic rings. The molecule has 2 heterocycles. The molecule has 3 rings (SSSR count). The first-order valence-corrected chi connectivity index (χ1v) is 9.13. The molecule has 1 aromatic heterocycles. The first-order chi connectivity index (χ1) is 13.5. The van der Waals surface area contributed by atoms with E-state index in [1.807, 2.05) is 18.5 Å². The van der Waals surface area contributed by atoms with E-state index in [1.165, 1.54) is 5.56 Å². The van der Waals surface area contributed by atoms with Gasteiger partial charge in [0.25, 0.3) is 6.01 Å². The Morgan fingerprint density at radius 3 is 2.54 bits per heavy atom. The van der Waals surface area contributed by atoms with Gasteiger partial charge in [-0.3, -0.25) is 4.57 Å². The summed E-state index contributed by atoms with van der Waals surface area (Å²) in [6.45, 7) is 4.05. The summed E-state index contributed by atoms with van der Waals surface area (Å²) in [5, 5.41) is 6.45. The molecule has 4 N–H and O–H groups in total. The SMILES string of the molecule is CNCc1ccc(Cn2c(OC)nc3c2N[C@@](C)(OCCOC)N=C3N)cc1. The summed E-state index contributed by atoms with van der Waals surface area (Å²) < 4.78 is 18.3. The fourth-order valence-electron chi connectivity index (χ4n) is 3.11. The molecule has 0 saturated carbocycles. The highest BCUT2D eigenvalue weighted by atomic mass is 16.6. The van der Waals surface area contributed by atoms with Crippen LogP contribution in [0.3, 0.4) is 0 Å². The van der Waals surface area contributed by atoms with Crippen molar-refractivity contribution >= 4 is 11.7 Å². The van der Waals surface area contributed by atoms with Crippen molar-refractivity contribution in [2.45, 2.75) is 25.9 Å². The minimum absolute atomic E-state index is 0.301. The van der Waals surface area contributed by atoms with Gasteiger partial charge in [0, 0.05) is 20.6 Å². The first kappa shape index (κ1) is 20.1. The molecule has 1 aliphatic heterocycles. The van der Waals surface area contributed by atoms with Crippen LogP contribution in [0.2, 0.25) is 0 Å². The van der Waals surface area contributed by atoms with Gasteiger partial charge in [-0.1, -0.05) is 24.3 Å². The predicted molar refractivity (Wildman–Crippen MR) is 108 cm³/mol. The second kappa shape index (κ2) is 8.59. The van der Waals surface area contributed by atoms with Gasteiger partial charge in [-0.05, 0) is 18.2 Å². The van der Waals surface area contributed by atoms with Gasteiger partial charge in [-0.25, -0.2) is 4.99 Å². The fraction of sp³-hybridized carbons (Fsp3) is 0.474. The number of nitrogens with zero attached hydrogens (tertiary/aromatic N) is 3. The van der Waals surface area contributed by atoms with Gasteiger partial charge in [-0.2, -0.15) is 4.98 Å². The zero-order chi connectivity index (χ0) is 20.1. The molecule has 0 aliphatic carbocycles. The second-order valence-corrected chi connectivity index (χ2v) is 6.67. The van der Waals surface area contributed by atoms with Crippen LogP contribution in [0.5, 0.6) is 6.01 Å². The number of amidine groups is 1. The number of methoxy groups -OCH3 is 2. The number of hydrogen-bond acceptors (Lipinski definition) is 8. The zero-order valence-electron chi connectivity index (χ0n) is 16.8. The highest BCUT2D eigenvalue weighted by Crippen LogP contribution is 2.32. The lowest BCUT2D eigenvalue weighted by atomic mass is 10.1. The maximum absolute atomic E-state index is 6.17. The van der Waals surface area contributed by atoms with E-state index in [0.717, 1.165) is 12.1 Å². The second-order valence-electron chi connectivity index (χ2n) is 6.67. The molecule has 152 valence electrons. The number of rotatable bonds is 9. The van der Waals surface area contributed by atoms with Crippen LogP contribution >= 0.6 is 0 Å². The normalized spacial score (nSPS) is 18.4. The van der Waals surface area contributed by atoms with Gasteiger partial charge in [0.1, 0.15) is 5.82 Å². The van der Waals surface area contributed by atoms with Crippen molar-refractivity contribution in [2.75, 3.05) is 39.8 Å². The smallest absolute Gasteiger partial charge is 0.298 e. The Labute approximate surface area is 164 Å². The Morgan fingerprint density at radius 1 is 1.18 bits per heavy atom. The lowest BCUT2D eigenvalue weighted by molar-refractivity contribution is -0.0282. The third-order valence-corrected chi connectivity index (χ3v) is 4.46. The number of aromatic nitrogens is 2. The van der Waals surface area contributed by atoms with Gasteiger partial charge >= 0.3 is 0 Å². The molecule has 0 unspecified atom stereocenters. The van der Waals surface area contributed by atoms with Crippen LogP contribution in [0.25, 0.3) is 0 Å². The van der Waals surface area contributed by atoms with Crippen LogP contribution in [0.1, 0.15) is 23.7 Å². The lowest BCUT2D eigenvalue weighted by Crippen LogP contribution is -2.43. The number of nitrogens with two attached hydrogens (primary N) is 1. The average Bonchev–Trinajstić information content (AvgIpc) is 3.01. The fourth-order valence-corrected chi connectivity index (χ4v) is 3.11. The molecule has 1 aromatic carbocycles. The molecule has 0 bridgehead atoms. The Balaban J connectivity index is 1.88. The summed E-state index contributed by atoms with van der Waals surface area (Å²) in [5.41, 5.74) is 9.06. The van der Waals surface area contributed by atoms with Crippen molar-refractivity contribution in [2.24, 2.45) is 10.7 Å². The van der Waals surface area contributed by atoms with Crippen molar-refractivity contribution in [1.29, 1.82) is 0 Å². The van der Waals surface area contributed by atoms with Crippen LogP contribution in [0, 0.1) is 0 Å². The van der Waals surface area contributed by atoms with Gasteiger partial charge in [-0.15, -0.1) is 0 Å². The molecule has 0 radical (unpaired) electrons. The highest BCUT2D eigenvalue weighted by molar-refractivity contribution is 6.02. The molecular formula is C19H28N6O3. The molecule has 28 heavy (non-hydrogen) atoms. The number of anilines is 1. The first-order valence-electron chi connectivity index (χ1n) is 9.13. The van der Waals surface area contributed by atoms with Crippen LogP contribution in [0.4, 0.5) is 5.82 Å². The maximum Gasteiger partial charge on any atom is 0.298 e. The number of imidazole rings is 1. The van der Waals surface area contributed by atoms with Crippen LogP contribution < -0.4 is 21.1 Å². The van der Waals surface area contributed by atoms with Crippen molar-refractivity contribution in [3.8, 4) is 6.01 Å².